The number of aryl methyl sites for hydroxylation is 2. The largest absolute Gasteiger partial charge is 0.309 e. The Morgan fingerprint density at radius 1 is 1.06 bits per heavy atom. The molecule has 0 amide bonds. The fraction of sp³-hybridized carbons (Fsp3) is 0.174. The summed E-state index contributed by atoms with van der Waals surface area (Å²) < 4.78 is 52.7. The number of nitrogens with zero attached hydrogens (tertiary/aromatic N) is 3. The summed E-state index contributed by atoms with van der Waals surface area (Å²) in [6, 6.07) is 10.8. The van der Waals surface area contributed by atoms with Crippen molar-refractivity contribution in [1.29, 1.82) is 0 Å². The normalized spacial score (nSPS) is 11.8. The topological polar surface area (TPSA) is 72.8 Å². The number of halogens is 3. The first-order valence-electron chi connectivity index (χ1n) is 9.78. The van der Waals surface area contributed by atoms with Gasteiger partial charge in [-0.15, -0.1) is 0 Å². The van der Waals surface area contributed by atoms with Crippen LogP contribution in [0.3, 0.4) is 0 Å². The van der Waals surface area contributed by atoms with Crippen LogP contribution >= 0.6 is 11.6 Å². The molecule has 32 heavy (non-hydrogen) atoms. The zero-order valence-electron chi connectivity index (χ0n) is 17.2. The molecule has 2 aromatic carbocycles. The Bertz CT molecular complexity index is 1460. The lowest BCUT2D eigenvalue weighted by Gasteiger charge is -2.12. The summed E-state index contributed by atoms with van der Waals surface area (Å²) in [6.07, 6.45) is 1.31. The zero-order valence-corrected chi connectivity index (χ0v) is 18.8. The van der Waals surface area contributed by atoms with Crippen molar-refractivity contribution in [1.82, 2.24) is 15.0 Å². The van der Waals surface area contributed by atoms with E-state index in [-0.39, 0.29) is 4.90 Å². The van der Waals surface area contributed by atoms with Crippen LogP contribution in [0.4, 0.5) is 8.78 Å². The summed E-state index contributed by atoms with van der Waals surface area (Å²) in [6.45, 7) is 3.73. The average molecular weight is 474 g/mol. The Hall–Kier alpha value is -2.97. The molecule has 2 heterocycles. The zero-order chi connectivity index (χ0) is 23.0. The highest BCUT2D eigenvalue weighted by atomic mass is 35.5. The smallest absolute Gasteiger partial charge is 0.256 e. The summed E-state index contributed by atoms with van der Waals surface area (Å²) in [4.78, 5) is 11.7. The first-order chi connectivity index (χ1) is 15.2. The van der Waals surface area contributed by atoms with E-state index in [0.717, 1.165) is 22.8 Å². The number of fused-ring (bicyclic) bond motifs is 1. The van der Waals surface area contributed by atoms with Crippen molar-refractivity contribution >= 4 is 32.3 Å². The van der Waals surface area contributed by atoms with Crippen molar-refractivity contribution in [2.75, 3.05) is 0 Å². The second kappa shape index (κ2) is 8.52. The number of benzene rings is 2. The first kappa shape index (κ1) is 22.2. The number of sulfone groups is 1. The molecular formula is C23H18ClF2N3O2S. The maximum Gasteiger partial charge on any atom is 0.309 e. The lowest BCUT2D eigenvalue weighted by molar-refractivity contribution is 0.544. The van der Waals surface area contributed by atoms with E-state index in [1.807, 2.05) is 19.1 Å². The van der Waals surface area contributed by atoms with E-state index in [9.17, 15) is 17.2 Å². The molecule has 0 radical (unpaired) electrons. The maximum absolute atomic E-state index is 13.7. The van der Waals surface area contributed by atoms with E-state index in [4.69, 9.17) is 11.6 Å². The second-order valence-electron chi connectivity index (χ2n) is 7.31. The SMILES string of the molecule is CCc1cc(-c2ccc(CS(=O)(=O)c3cccc(F)c3Cl)nc2C)cc2cnc(F)nc12. The van der Waals surface area contributed by atoms with Gasteiger partial charge < -0.3 is 0 Å². The van der Waals surface area contributed by atoms with E-state index in [1.54, 1.807) is 19.1 Å². The van der Waals surface area contributed by atoms with Crippen molar-refractivity contribution in [3.63, 3.8) is 0 Å². The van der Waals surface area contributed by atoms with Crippen LogP contribution in [-0.4, -0.2) is 23.4 Å². The van der Waals surface area contributed by atoms with Gasteiger partial charge in [0.25, 0.3) is 0 Å². The van der Waals surface area contributed by atoms with Crippen molar-refractivity contribution in [2.24, 2.45) is 0 Å². The van der Waals surface area contributed by atoms with Gasteiger partial charge in [-0.3, -0.25) is 4.98 Å². The molecule has 0 fully saturated rings. The molecule has 4 aromatic rings. The Morgan fingerprint density at radius 2 is 1.84 bits per heavy atom. The molecule has 0 spiro atoms. The first-order valence-corrected chi connectivity index (χ1v) is 11.8. The van der Waals surface area contributed by atoms with Gasteiger partial charge in [0.15, 0.2) is 9.84 Å². The monoisotopic (exact) mass is 473 g/mol. The fourth-order valence-corrected chi connectivity index (χ4v) is 5.46. The highest BCUT2D eigenvalue weighted by molar-refractivity contribution is 7.90. The molecule has 4 rings (SSSR count). The molecule has 0 atom stereocenters. The summed E-state index contributed by atoms with van der Waals surface area (Å²) in [7, 11) is -3.89. The molecule has 0 aliphatic heterocycles. The minimum atomic E-state index is -3.89. The van der Waals surface area contributed by atoms with E-state index in [0.29, 0.717) is 28.7 Å². The van der Waals surface area contributed by atoms with E-state index in [2.05, 4.69) is 15.0 Å². The Kier molecular flexibility index (Phi) is 5.92. The van der Waals surface area contributed by atoms with E-state index >= 15 is 0 Å². The summed E-state index contributed by atoms with van der Waals surface area (Å²) >= 11 is 5.86. The number of rotatable bonds is 5. The molecule has 9 heteroatoms. The molecule has 0 N–H and O–H groups in total. The summed E-state index contributed by atoms with van der Waals surface area (Å²) in [5.41, 5.74) is 4.00. The predicted molar refractivity (Wildman–Crippen MR) is 119 cm³/mol. The van der Waals surface area contributed by atoms with Crippen LogP contribution in [0.15, 0.2) is 53.6 Å². The molecular weight excluding hydrogens is 456 g/mol. The molecule has 0 aliphatic rings. The minimum absolute atomic E-state index is 0.267. The maximum atomic E-state index is 13.7. The molecule has 0 bridgehead atoms. The second-order valence-corrected chi connectivity index (χ2v) is 9.65. The van der Waals surface area contributed by atoms with Crippen molar-refractivity contribution in [3.05, 3.63) is 82.5 Å². The Balaban J connectivity index is 1.71. The Labute approximate surface area is 189 Å². The number of aromatic nitrogens is 3. The van der Waals surface area contributed by atoms with Gasteiger partial charge in [0.1, 0.15) is 5.82 Å². The molecule has 0 saturated carbocycles. The molecule has 5 nitrogen and oxygen atoms in total. The molecule has 0 aliphatic carbocycles. The van der Waals surface area contributed by atoms with Crippen LogP contribution in [0.25, 0.3) is 22.0 Å². The summed E-state index contributed by atoms with van der Waals surface area (Å²) in [5, 5.41) is 0.273. The van der Waals surface area contributed by atoms with Gasteiger partial charge in [-0.05, 0) is 54.8 Å². The third kappa shape index (κ3) is 4.20. The minimum Gasteiger partial charge on any atom is -0.256 e. The van der Waals surface area contributed by atoms with Crippen LogP contribution < -0.4 is 0 Å². The van der Waals surface area contributed by atoms with Crippen LogP contribution in [0.1, 0.15) is 23.9 Å². The average Bonchev–Trinajstić information content (AvgIpc) is 2.74. The lowest BCUT2D eigenvalue weighted by Crippen LogP contribution is -2.08. The predicted octanol–water partition coefficient (Wildman–Crippen LogP) is 5.47. The van der Waals surface area contributed by atoms with Crippen LogP contribution in [0.2, 0.25) is 5.02 Å². The van der Waals surface area contributed by atoms with Gasteiger partial charge in [0, 0.05) is 22.8 Å². The molecule has 164 valence electrons. The highest BCUT2D eigenvalue weighted by Gasteiger charge is 2.22. The number of hydrogen-bond acceptors (Lipinski definition) is 5. The molecule has 2 aromatic heterocycles. The third-order valence-electron chi connectivity index (χ3n) is 5.16. The van der Waals surface area contributed by atoms with Crippen LogP contribution in [0.5, 0.6) is 0 Å². The van der Waals surface area contributed by atoms with Gasteiger partial charge in [-0.1, -0.05) is 30.7 Å². The van der Waals surface area contributed by atoms with Crippen molar-refractivity contribution in [2.45, 2.75) is 30.9 Å². The van der Waals surface area contributed by atoms with Gasteiger partial charge in [0.2, 0.25) is 0 Å². The van der Waals surface area contributed by atoms with E-state index in [1.165, 1.54) is 18.3 Å². The van der Waals surface area contributed by atoms with Crippen molar-refractivity contribution in [3.8, 4) is 11.1 Å². The molecule has 0 saturated heterocycles. The summed E-state index contributed by atoms with van der Waals surface area (Å²) in [5.74, 6) is -1.21. The van der Waals surface area contributed by atoms with Gasteiger partial charge >= 0.3 is 6.08 Å². The third-order valence-corrected chi connectivity index (χ3v) is 7.34. The fourth-order valence-electron chi connectivity index (χ4n) is 3.62. The lowest BCUT2D eigenvalue weighted by atomic mass is 9.98. The standard InChI is InChI=1S/C23H18ClF2N3O2S/c1-3-14-9-15(10-16-11-27-23(26)29-22(14)16)18-8-7-17(28-13(18)2)12-32(30,31)20-6-4-5-19(25)21(20)24/h4-11H,3,12H2,1-2H3. The van der Waals surface area contributed by atoms with E-state index < -0.39 is 32.5 Å². The highest BCUT2D eigenvalue weighted by Crippen LogP contribution is 2.30. The molecule has 0 unspecified atom stereocenters. The van der Waals surface area contributed by atoms with Crippen molar-refractivity contribution < 1.29 is 17.2 Å². The number of pyridine rings is 1. The van der Waals surface area contributed by atoms with Gasteiger partial charge in [-0.2, -0.15) is 4.39 Å². The van der Waals surface area contributed by atoms with Gasteiger partial charge in [0.05, 0.1) is 26.9 Å². The number of hydrogen-bond donors (Lipinski definition) is 0. The Morgan fingerprint density at radius 3 is 2.56 bits per heavy atom. The van der Waals surface area contributed by atoms with Crippen LogP contribution in [-0.2, 0) is 22.0 Å². The van der Waals surface area contributed by atoms with Gasteiger partial charge in [-0.25, -0.2) is 22.8 Å². The quantitative estimate of drug-likeness (QED) is 0.359. The van der Waals surface area contributed by atoms with Crippen LogP contribution in [0, 0.1) is 18.8 Å².